The summed E-state index contributed by atoms with van der Waals surface area (Å²) in [6.07, 6.45) is 0. The van der Waals surface area contributed by atoms with Crippen molar-refractivity contribution < 1.29 is 14.3 Å². The number of hydrogen-bond donors (Lipinski definition) is 2. The van der Waals surface area contributed by atoms with Crippen molar-refractivity contribution >= 4 is 45.4 Å². The lowest BCUT2D eigenvalue weighted by atomic mass is 10.1. The van der Waals surface area contributed by atoms with Crippen LogP contribution in [0.15, 0.2) is 48.5 Å². The number of hydrogen-bond acceptors (Lipinski definition) is 4. The Hall–Kier alpha value is -3.42. The number of rotatable bonds is 3. The van der Waals surface area contributed by atoms with Crippen molar-refractivity contribution in [1.29, 1.82) is 0 Å². The smallest absolute Gasteiger partial charge is 0.254 e. The van der Waals surface area contributed by atoms with Gasteiger partial charge in [0.05, 0.1) is 35.5 Å². The molecule has 1 aliphatic rings. The average Bonchev–Trinajstić information content (AvgIpc) is 3.16. The van der Waals surface area contributed by atoms with Gasteiger partial charge in [-0.2, -0.15) is 0 Å². The maximum atomic E-state index is 12.9. The number of carbonyl (C=O) groups excluding carboxylic acids is 2. The van der Waals surface area contributed by atoms with Gasteiger partial charge >= 0.3 is 0 Å². The molecule has 0 saturated carbocycles. The van der Waals surface area contributed by atoms with Gasteiger partial charge in [-0.1, -0.05) is 23.7 Å². The highest BCUT2D eigenvalue weighted by Crippen LogP contribution is 2.31. The molecule has 8 heteroatoms. The van der Waals surface area contributed by atoms with Crippen molar-refractivity contribution in [3.05, 3.63) is 64.7 Å². The Labute approximate surface area is 182 Å². The second kappa shape index (κ2) is 7.68. The number of carbonyl (C=O) groups is 2. The number of fused-ring (bicyclic) bond motifs is 3. The standard InChI is InChI=1S/C23H19ClN4O3/c24-15-3-1-2-13(10-15)18-12-17(22(25)29)21-20(26-18)16-5-4-14(11-19(16)27-21)23(30)28-6-8-31-9-7-28/h1-5,10-12,27H,6-9H2,(H2,25,29). The third-order valence-electron chi connectivity index (χ3n) is 5.48. The molecule has 0 unspecified atom stereocenters. The number of ether oxygens (including phenoxy) is 1. The Bertz CT molecular complexity index is 1340. The van der Waals surface area contributed by atoms with Gasteiger partial charge in [0.25, 0.3) is 11.8 Å². The van der Waals surface area contributed by atoms with Gasteiger partial charge in [-0.15, -0.1) is 0 Å². The molecule has 7 nitrogen and oxygen atoms in total. The van der Waals surface area contributed by atoms with Crippen LogP contribution in [-0.2, 0) is 4.74 Å². The number of H-pyrrole nitrogens is 1. The Morgan fingerprint density at radius 2 is 1.90 bits per heavy atom. The predicted octanol–water partition coefficient (Wildman–Crippen LogP) is 3.61. The van der Waals surface area contributed by atoms with E-state index in [0.29, 0.717) is 64.7 Å². The van der Waals surface area contributed by atoms with Gasteiger partial charge < -0.3 is 20.4 Å². The number of nitrogens with two attached hydrogens (primary N) is 1. The molecule has 1 aliphatic heterocycles. The van der Waals surface area contributed by atoms with E-state index in [1.807, 2.05) is 18.2 Å². The highest BCUT2D eigenvalue weighted by molar-refractivity contribution is 6.30. The second-order valence-electron chi connectivity index (χ2n) is 7.44. The van der Waals surface area contributed by atoms with Crippen molar-refractivity contribution in [2.24, 2.45) is 5.73 Å². The monoisotopic (exact) mass is 434 g/mol. The summed E-state index contributed by atoms with van der Waals surface area (Å²) >= 11 is 6.13. The number of nitrogens with zero attached hydrogens (tertiary/aromatic N) is 2. The molecule has 5 rings (SSSR count). The van der Waals surface area contributed by atoms with E-state index in [0.717, 1.165) is 10.9 Å². The Morgan fingerprint density at radius 3 is 2.65 bits per heavy atom. The fourth-order valence-corrected chi connectivity index (χ4v) is 4.12. The van der Waals surface area contributed by atoms with E-state index in [-0.39, 0.29) is 5.91 Å². The summed E-state index contributed by atoms with van der Waals surface area (Å²) in [6.45, 7) is 2.22. The molecule has 0 radical (unpaired) electrons. The van der Waals surface area contributed by atoms with Crippen LogP contribution in [0.5, 0.6) is 0 Å². The molecule has 1 fully saturated rings. The SMILES string of the molecule is NC(=O)c1cc(-c2cccc(Cl)c2)nc2c1[nH]c1cc(C(=O)N3CCOCC3)ccc12. The number of halogens is 1. The van der Waals surface area contributed by atoms with E-state index >= 15 is 0 Å². The zero-order chi connectivity index (χ0) is 21.5. The number of primary amides is 1. The maximum absolute atomic E-state index is 12.9. The number of pyridine rings is 1. The molecular weight excluding hydrogens is 416 g/mol. The zero-order valence-electron chi connectivity index (χ0n) is 16.5. The number of benzene rings is 2. The lowest BCUT2D eigenvalue weighted by Gasteiger charge is -2.26. The molecular formula is C23H19ClN4O3. The molecule has 0 aliphatic carbocycles. The van der Waals surface area contributed by atoms with Gasteiger partial charge in [0, 0.05) is 40.1 Å². The van der Waals surface area contributed by atoms with Crippen LogP contribution in [0.3, 0.4) is 0 Å². The molecule has 3 N–H and O–H groups in total. The number of amides is 2. The van der Waals surface area contributed by atoms with E-state index < -0.39 is 5.91 Å². The van der Waals surface area contributed by atoms with Gasteiger partial charge in [-0.25, -0.2) is 4.98 Å². The van der Waals surface area contributed by atoms with Gasteiger partial charge in [0.15, 0.2) is 0 Å². The van der Waals surface area contributed by atoms with Gasteiger partial charge in [-0.05, 0) is 36.4 Å². The molecule has 2 aromatic heterocycles. The lowest BCUT2D eigenvalue weighted by Crippen LogP contribution is -2.40. The second-order valence-corrected chi connectivity index (χ2v) is 7.88. The third-order valence-corrected chi connectivity index (χ3v) is 5.72. The molecule has 3 heterocycles. The van der Waals surface area contributed by atoms with Crippen molar-refractivity contribution in [3.8, 4) is 11.3 Å². The lowest BCUT2D eigenvalue weighted by molar-refractivity contribution is 0.0303. The third kappa shape index (κ3) is 3.52. The fourth-order valence-electron chi connectivity index (χ4n) is 3.93. The fraction of sp³-hybridized carbons (Fsp3) is 0.174. The van der Waals surface area contributed by atoms with E-state index in [2.05, 4.69) is 4.98 Å². The molecule has 2 amide bonds. The first-order chi connectivity index (χ1) is 15.0. The molecule has 0 atom stereocenters. The van der Waals surface area contributed by atoms with Crippen LogP contribution in [0.2, 0.25) is 5.02 Å². The van der Waals surface area contributed by atoms with E-state index in [1.54, 1.807) is 35.2 Å². The summed E-state index contributed by atoms with van der Waals surface area (Å²) in [5.74, 6) is -0.613. The summed E-state index contributed by atoms with van der Waals surface area (Å²) < 4.78 is 5.33. The minimum Gasteiger partial charge on any atom is -0.378 e. The Kier molecular flexibility index (Phi) is 4.84. The summed E-state index contributed by atoms with van der Waals surface area (Å²) in [5.41, 5.74) is 9.82. The normalized spacial score (nSPS) is 14.3. The van der Waals surface area contributed by atoms with Crippen molar-refractivity contribution in [3.63, 3.8) is 0 Å². The van der Waals surface area contributed by atoms with Crippen molar-refractivity contribution in [2.45, 2.75) is 0 Å². The predicted molar refractivity (Wildman–Crippen MR) is 119 cm³/mol. The Balaban J connectivity index is 1.66. The van der Waals surface area contributed by atoms with E-state index in [4.69, 9.17) is 27.1 Å². The Morgan fingerprint density at radius 1 is 1.10 bits per heavy atom. The van der Waals surface area contributed by atoms with E-state index in [1.165, 1.54) is 0 Å². The first-order valence-electron chi connectivity index (χ1n) is 9.90. The number of aromatic amines is 1. The summed E-state index contributed by atoms with van der Waals surface area (Å²) in [6, 6.07) is 14.3. The zero-order valence-corrected chi connectivity index (χ0v) is 17.3. The minimum atomic E-state index is -0.563. The number of nitrogens with one attached hydrogen (secondary N) is 1. The van der Waals surface area contributed by atoms with Crippen LogP contribution in [0, 0.1) is 0 Å². The molecule has 4 aromatic rings. The molecule has 2 aromatic carbocycles. The van der Waals surface area contributed by atoms with Gasteiger partial charge in [-0.3, -0.25) is 9.59 Å². The first-order valence-corrected chi connectivity index (χ1v) is 10.3. The average molecular weight is 435 g/mol. The van der Waals surface area contributed by atoms with Crippen LogP contribution in [-0.4, -0.2) is 53.0 Å². The summed E-state index contributed by atoms with van der Waals surface area (Å²) in [7, 11) is 0. The summed E-state index contributed by atoms with van der Waals surface area (Å²) in [4.78, 5) is 34.8. The van der Waals surface area contributed by atoms with Crippen LogP contribution in [0.25, 0.3) is 33.2 Å². The van der Waals surface area contributed by atoms with Crippen LogP contribution in [0.1, 0.15) is 20.7 Å². The molecule has 0 spiro atoms. The minimum absolute atomic E-state index is 0.0495. The van der Waals surface area contributed by atoms with Crippen LogP contribution >= 0.6 is 11.6 Å². The number of aromatic nitrogens is 2. The quantitative estimate of drug-likeness (QED) is 0.514. The molecule has 31 heavy (non-hydrogen) atoms. The van der Waals surface area contributed by atoms with Crippen LogP contribution < -0.4 is 5.73 Å². The maximum Gasteiger partial charge on any atom is 0.254 e. The van der Waals surface area contributed by atoms with Crippen molar-refractivity contribution in [2.75, 3.05) is 26.3 Å². The van der Waals surface area contributed by atoms with Crippen molar-refractivity contribution in [1.82, 2.24) is 14.9 Å². The highest BCUT2D eigenvalue weighted by Gasteiger charge is 2.21. The van der Waals surface area contributed by atoms with E-state index in [9.17, 15) is 9.59 Å². The highest BCUT2D eigenvalue weighted by atomic mass is 35.5. The van der Waals surface area contributed by atoms with Gasteiger partial charge in [0.2, 0.25) is 0 Å². The summed E-state index contributed by atoms with van der Waals surface area (Å²) in [5, 5.41) is 1.38. The van der Waals surface area contributed by atoms with Gasteiger partial charge in [0.1, 0.15) is 0 Å². The molecule has 1 saturated heterocycles. The molecule has 156 valence electrons. The number of morpholine rings is 1. The van der Waals surface area contributed by atoms with Crippen LogP contribution in [0.4, 0.5) is 0 Å². The largest absolute Gasteiger partial charge is 0.378 e. The molecule has 0 bridgehead atoms. The topological polar surface area (TPSA) is 101 Å². The first kappa shape index (κ1) is 19.5.